The molecule has 24 heavy (non-hydrogen) atoms. The Hall–Kier alpha value is -2.53. The minimum Gasteiger partial charge on any atom is -0.371 e. The van der Waals surface area contributed by atoms with Crippen molar-refractivity contribution >= 4 is 17.6 Å². The molecule has 6 heteroatoms. The monoisotopic (exact) mass is 341 g/mol. The second-order valence-corrected chi connectivity index (χ2v) is 6.02. The number of guanidine groups is 1. The topological polar surface area (TPSA) is 75.3 Å². The molecule has 1 aromatic carbocycles. The molecule has 1 unspecified atom stereocenters. The fourth-order valence-corrected chi connectivity index (χ4v) is 2.82. The molecule has 4 N–H and O–H groups in total. The standard InChI is InChI=1S/C18H20ClN5/c1-12-14(6-4-7-15(12)19)16-11-17(24-18(20)23-16)22-10-8-13-5-2-3-9-21-13/h2-7,9,11,16,22H,8,10H2,1H3,(H3,20,23,24). The Labute approximate surface area is 146 Å². The summed E-state index contributed by atoms with van der Waals surface area (Å²) in [7, 11) is 0. The molecule has 2 aromatic rings. The average molecular weight is 342 g/mol. The van der Waals surface area contributed by atoms with Gasteiger partial charge < -0.3 is 16.4 Å². The number of aliphatic imine (C=N–C) groups is 1. The lowest BCUT2D eigenvalue weighted by Gasteiger charge is -2.22. The Morgan fingerprint density at radius 3 is 2.92 bits per heavy atom. The van der Waals surface area contributed by atoms with E-state index in [1.54, 1.807) is 6.20 Å². The molecule has 124 valence electrons. The Kier molecular flexibility index (Phi) is 5.01. The molecule has 0 radical (unpaired) electrons. The lowest BCUT2D eigenvalue weighted by Crippen LogP contribution is -2.40. The van der Waals surface area contributed by atoms with Gasteiger partial charge in [-0.25, -0.2) is 4.99 Å². The van der Waals surface area contributed by atoms with Gasteiger partial charge in [0, 0.05) is 29.9 Å². The molecule has 0 fully saturated rings. The van der Waals surface area contributed by atoms with Crippen molar-refractivity contribution in [3.63, 3.8) is 0 Å². The number of hydrogen-bond acceptors (Lipinski definition) is 5. The fraction of sp³-hybridized carbons (Fsp3) is 0.222. The summed E-state index contributed by atoms with van der Waals surface area (Å²) in [6.07, 6.45) is 4.65. The van der Waals surface area contributed by atoms with E-state index in [9.17, 15) is 0 Å². The van der Waals surface area contributed by atoms with Crippen LogP contribution in [0.15, 0.2) is 59.5 Å². The normalized spacial score (nSPS) is 16.8. The first-order chi connectivity index (χ1) is 11.6. The second kappa shape index (κ2) is 7.36. The number of nitrogens with two attached hydrogens (primary N) is 1. The van der Waals surface area contributed by atoms with Crippen molar-refractivity contribution in [2.24, 2.45) is 10.7 Å². The zero-order chi connectivity index (χ0) is 16.9. The van der Waals surface area contributed by atoms with Gasteiger partial charge in [0.25, 0.3) is 0 Å². The lowest BCUT2D eigenvalue weighted by atomic mass is 10.0. The highest BCUT2D eigenvalue weighted by Crippen LogP contribution is 2.28. The van der Waals surface area contributed by atoms with Crippen LogP contribution < -0.4 is 16.4 Å². The number of pyridine rings is 1. The van der Waals surface area contributed by atoms with Crippen LogP contribution in [0.3, 0.4) is 0 Å². The summed E-state index contributed by atoms with van der Waals surface area (Å²) in [5.74, 6) is 1.24. The molecule has 2 heterocycles. The summed E-state index contributed by atoms with van der Waals surface area (Å²) in [5.41, 5.74) is 9.06. The summed E-state index contributed by atoms with van der Waals surface area (Å²) in [6, 6.07) is 11.6. The summed E-state index contributed by atoms with van der Waals surface area (Å²) in [4.78, 5) is 8.78. The predicted octanol–water partition coefficient (Wildman–Crippen LogP) is 2.68. The minimum absolute atomic E-state index is 0.151. The summed E-state index contributed by atoms with van der Waals surface area (Å²) in [5, 5.41) is 7.15. The highest BCUT2D eigenvalue weighted by molar-refractivity contribution is 6.31. The van der Waals surface area contributed by atoms with Gasteiger partial charge in [0.1, 0.15) is 11.9 Å². The molecule has 0 aliphatic carbocycles. The molecular formula is C18H20ClN5. The van der Waals surface area contributed by atoms with Crippen molar-refractivity contribution in [3.8, 4) is 0 Å². The van der Waals surface area contributed by atoms with Crippen LogP contribution in [-0.2, 0) is 6.42 Å². The lowest BCUT2D eigenvalue weighted by molar-refractivity contribution is 0.706. The highest BCUT2D eigenvalue weighted by atomic mass is 35.5. The molecule has 1 atom stereocenters. The van der Waals surface area contributed by atoms with Crippen molar-refractivity contribution < 1.29 is 0 Å². The number of aromatic nitrogens is 1. The van der Waals surface area contributed by atoms with Gasteiger partial charge in [0.15, 0.2) is 5.96 Å². The van der Waals surface area contributed by atoms with Crippen LogP contribution in [0, 0.1) is 6.92 Å². The molecule has 5 nitrogen and oxygen atoms in total. The SMILES string of the molecule is Cc1c(Cl)cccc1C1C=C(NCCc2ccccn2)NC(N)=N1. The van der Waals surface area contributed by atoms with Gasteiger partial charge in [0.2, 0.25) is 0 Å². The molecule has 0 saturated heterocycles. The van der Waals surface area contributed by atoms with Crippen LogP contribution in [0.25, 0.3) is 0 Å². The molecule has 0 bridgehead atoms. The molecule has 3 rings (SSSR count). The van der Waals surface area contributed by atoms with E-state index in [0.717, 1.165) is 40.6 Å². The highest BCUT2D eigenvalue weighted by Gasteiger charge is 2.17. The van der Waals surface area contributed by atoms with Crippen LogP contribution in [-0.4, -0.2) is 17.5 Å². The van der Waals surface area contributed by atoms with E-state index >= 15 is 0 Å². The largest absolute Gasteiger partial charge is 0.371 e. The van der Waals surface area contributed by atoms with Gasteiger partial charge in [-0.2, -0.15) is 0 Å². The van der Waals surface area contributed by atoms with Gasteiger partial charge in [-0.15, -0.1) is 0 Å². The van der Waals surface area contributed by atoms with Crippen molar-refractivity contribution in [2.75, 3.05) is 6.54 Å². The predicted molar refractivity (Wildman–Crippen MR) is 97.7 cm³/mol. The van der Waals surface area contributed by atoms with E-state index in [4.69, 9.17) is 17.3 Å². The summed E-state index contributed by atoms with van der Waals surface area (Å²) >= 11 is 6.22. The molecule has 1 aliphatic heterocycles. The van der Waals surface area contributed by atoms with Gasteiger partial charge in [-0.3, -0.25) is 4.98 Å². The maximum absolute atomic E-state index is 6.22. The number of benzene rings is 1. The Bertz CT molecular complexity index is 770. The van der Waals surface area contributed by atoms with Gasteiger partial charge in [-0.1, -0.05) is 29.8 Å². The number of nitrogens with one attached hydrogen (secondary N) is 2. The number of nitrogens with zero attached hydrogens (tertiary/aromatic N) is 2. The number of hydrogen-bond donors (Lipinski definition) is 3. The summed E-state index contributed by atoms with van der Waals surface area (Å²) < 4.78 is 0. The zero-order valence-electron chi connectivity index (χ0n) is 13.5. The maximum Gasteiger partial charge on any atom is 0.195 e. The molecule has 0 spiro atoms. The average Bonchev–Trinajstić information content (AvgIpc) is 2.58. The van der Waals surface area contributed by atoms with E-state index in [1.807, 2.05) is 49.4 Å². The van der Waals surface area contributed by atoms with E-state index in [2.05, 4.69) is 20.6 Å². The zero-order valence-corrected chi connectivity index (χ0v) is 14.2. The van der Waals surface area contributed by atoms with Gasteiger partial charge >= 0.3 is 0 Å². The van der Waals surface area contributed by atoms with Crippen LogP contribution >= 0.6 is 11.6 Å². The van der Waals surface area contributed by atoms with Gasteiger partial charge in [0.05, 0.1) is 0 Å². The maximum atomic E-state index is 6.22. The molecule has 0 saturated carbocycles. The summed E-state index contributed by atoms with van der Waals surface area (Å²) in [6.45, 7) is 2.75. The molecule has 0 amide bonds. The van der Waals surface area contributed by atoms with Crippen molar-refractivity contribution in [1.82, 2.24) is 15.6 Å². The first-order valence-electron chi connectivity index (χ1n) is 7.84. The Morgan fingerprint density at radius 1 is 1.25 bits per heavy atom. The second-order valence-electron chi connectivity index (χ2n) is 5.62. The van der Waals surface area contributed by atoms with Crippen LogP contribution in [0.5, 0.6) is 0 Å². The van der Waals surface area contributed by atoms with E-state index in [1.165, 1.54) is 0 Å². The van der Waals surface area contributed by atoms with Crippen molar-refractivity contribution in [1.29, 1.82) is 0 Å². The molecule has 1 aliphatic rings. The van der Waals surface area contributed by atoms with Crippen molar-refractivity contribution in [2.45, 2.75) is 19.4 Å². The van der Waals surface area contributed by atoms with E-state index < -0.39 is 0 Å². The number of rotatable bonds is 5. The third-order valence-electron chi connectivity index (χ3n) is 3.92. The first kappa shape index (κ1) is 16.3. The minimum atomic E-state index is -0.151. The molecule has 1 aromatic heterocycles. The van der Waals surface area contributed by atoms with E-state index in [0.29, 0.717) is 5.96 Å². The van der Waals surface area contributed by atoms with Crippen molar-refractivity contribution in [3.05, 3.63) is 76.3 Å². The van der Waals surface area contributed by atoms with Crippen LogP contribution in [0.2, 0.25) is 5.02 Å². The first-order valence-corrected chi connectivity index (χ1v) is 8.22. The number of halogens is 1. The third kappa shape index (κ3) is 3.86. The van der Waals surface area contributed by atoms with Crippen LogP contribution in [0.4, 0.5) is 0 Å². The molecular weight excluding hydrogens is 322 g/mol. The van der Waals surface area contributed by atoms with Gasteiger partial charge in [-0.05, 0) is 42.3 Å². The van der Waals surface area contributed by atoms with E-state index in [-0.39, 0.29) is 6.04 Å². The Balaban J connectivity index is 1.70. The fourth-order valence-electron chi connectivity index (χ4n) is 2.64. The quantitative estimate of drug-likeness (QED) is 0.781. The Morgan fingerprint density at radius 2 is 2.12 bits per heavy atom. The smallest absolute Gasteiger partial charge is 0.195 e. The van der Waals surface area contributed by atoms with Crippen LogP contribution in [0.1, 0.15) is 22.9 Å². The third-order valence-corrected chi connectivity index (χ3v) is 4.33.